The van der Waals surface area contributed by atoms with Crippen LogP contribution in [0.4, 0.5) is 5.69 Å². The van der Waals surface area contributed by atoms with Gasteiger partial charge in [-0.05, 0) is 19.1 Å². The van der Waals surface area contributed by atoms with E-state index >= 15 is 0 Å². The first-order valence-electron chi connectivity index (χ1n) is 3.15. The van der Waals surface area contributed by atoms with Gasteiger partial charge in [-0.25, -0.2) is 0 Å². The summed E-state index contributed by atoms with van der Waals surface area (Å²) < 4.78 is 5.05. The molecule has 0 radical (unpaired) electrons. The summed E-state index contributed by atoms with van der Waals surface area (Å²) in [6.45, 7) is 1.94. The van der Waals surface area contributed by atoms with E-state index < -0.39 is 0 Å². The van der Waals surface area contributed by atoms with Gasteiger partial charge in [0.05, 0.1) is 7.11 Å². The third kappa shape index (κ3) is 2.02. The lowest BCUT2D eigenvalue weighted by Gasteiger charge is -2.05. The Bertz CT molecular complexity index is 238. The summed E-state index contributed by atoms with van der Waals surface area (Å²) in [4.78, 5) is 0. The summed E-state index contributed by atoms with van der Waals surface area (Å²) in [5, 5.41) is 0. The Morgan fingerprint density at radius 2 is 2.00 bits per heavy atom. The highest BCUT2D eigenvalue weighted by atomic mass is 35.5. The molecule has 0 spiro atoms. The van der Waals surface area contributed by atoms with Crippen LogP contribution in [0.2, 0.25) is 0 Å². The molecule has 0 fully saturated rings. The average molecular weight is 174 g/mol. The van der Waals surface area contributed by atoms with E-state index in [1.165, 1.54) is 0 Å². The standard InChI is InChI=1S/C8H11NO.ClH/c1-6-7(9)4-3-5-8(6)10-2;/h3-5H,9H2,1-2H3;1H. The number of halogens is 1. The highest BCUT2D eigenvalue weighted by Crippen LogP contribution is 2.21. The Labute approximate surface area is 72.8 Å². The van der Waals surface area contributed by atoms with Crippen molar-refractivity contribution in [1.82, 2.24) is 0 Å². The van der Waals surface area contributed by atoms with Gasteiger partial charge >= 0.3 is 0 Å². The SMILES string of the molecule is COc1cccc(N)c1C.Cl. The third-order valence-corrected chi connectivity index (χ3v) is 1.55. The van der Waals surface area contributed by atoms with E-state index in [0.29, 0.717) is 0 Å². The lowest BCUT2D eigenvalue weighted by atomic mass is 10.2. The first-order chi connectivity index (χ1) is 4.75. The van der Waals surface area contributed by atoms with E-state index in [4.69, 9.17) is 10.5 Å². The molecule has 1 aromatic carbocycles. The van der Waals surface area contributed by atoms with E-state index in [-0.39, 0.29) is 12.4 Å². The fraction of sp³-hybridized carbons (Fsp3) is 0.250. The molecule has 0 saturated heterocycles. The van der Waals surface area contributed by atoms with Crippen molar-refractivity contribution in [3.8, 4) is 5.75 Å². The molecule has 0 aliphatic carbocycles. The summed E-state index contributed by atoms with van der Waals surface area (Å²) in [6, 6.07) is 5.63. The Kier molecular flexibility index (Phi) is 3.76. The molecule has 0 aliphatic heterocycles. The minimum absolute atomic E-state index is 0. The van der Waals surface area contributed by atoms with Crippen LogP contribution in [0, 0.1) is 6.92 Å². The molecule has 0 amide bonds. The van der Waals surface area contributed by atoms with Crippen LogP contribution in [0.3, 0.4) is 0 Å². The smallest absolute Gasteiger partial charge is 0.123 e. The number of benzene rings is 1. The predicted molar refractivity (Wildman–Crippen MR) is 49.4 cm³/mol. The van der Waals surface area contributed by atoms with Gasteiger partial charge in [-0.3, -0.25) is 0 Å². The minimum Gasteiger partial charge on any atom is -0.496 e. The van der Waals surface area contributed by atoms with Crippen LogP contribution < -0.4 is 10.5 Å². The van der Waals surface area contributed by atoms with Crippen molar-refractivity contribution >= 4 is 18.1 Å². The van der Waals surface area contributed by atoms with Crippen LogP contribution in [0.25, 0.3) is 0 Å². The molecule has 1 aromatic rings. The van der Waals surface area contributed by atoms with Gasteiger partial charge < -0.3 is 10.5 Å². The zero-order chi connectivity index (χ0) is 7.56. The van der Waals surface area contributed by atoms with Crippen LogP contribution in [0.5, 0.6) is 5.75 Å². The maximum Gasteiger partial charge on any atom is 0.123 e. The molecule has 0 heterocycles. The number of hydrogen-bond donors (Lipinski definition) is 1. The van der Waals surface area contributed by atoms with Crippen molar-refractivity contribution in [3.63, 3.8) is 0 Å². The molecule has 0 aromatic heterocycles. The van der Waals surface area contributed by atoms with Crippen molar-refractivity contribution in [2.75, 3.05) is 12.8 Å². The second kappa shape index (κ2) is 4.09. The van der Waals surface area contributed by atoms with Crippen LogP contribution >= 0.6 is 12.4 Å². The first kappa shape index (κ1) is 10.1. The fourth-order valence-electron chi connectivity index (χ4n) is 0.853. The maximum atomic E-state index is 5.62. The summed E-state index contributed by atoms with van der Waals surface area (Å²) in [7, 11) is 1.64. The average Bonchev–Trinajstić information content (AvgIpc) is 1.95. The lowest BCUT2D eigenvalue weighted by molar-refractivity contribution is 0.412. The summed E-state index contributed by atoms with van der Waals surface area (Å²) in [6.07, 6.45) is 0. The Morgan fingerprint density at radius 1 is 1.36 bits per heavy atom. The molecule has 0 unspecified atom stereocenters. The quantitative estimate of drug-likeness (QED) is 0.660. The van der Waals surface area contributed by atoms with E-state index in [0.717, 1.165) is 17.0 Å². The molecule has 2 nitrogen and oxygen atoms in total. The molecule has 1 rings (SSSR count). The monoisotopic (exact) mass is 173 g/mol. The lowest BCUT2D eigenvalue weighted by Crippen LogP contribution is -1.92. The number of nitrogens with two attached hydrogens (primary N) is 1. The van der Waals surface area contributed by atoms with Crippen LogP contribution in [-0.2, 0) is 0 Å². The van der Waals surface area contributed by atoms with E-state index in [2.05, 4.69) is 0 Å². The van der Waals surface area contributed by atoms with Gasteiger partial charge in [-0.2, -0.15) is 0 Å². The van der Waals surface area contributed by atoms with Crippen LogP contribution in [0.15, 0.2) is 18.2 Å². The van der Waals surface area contributed by atoms with E-state index in [9.17, 15) is 0 Å². The zero-order valence-corrected chi connectivity index (χ0v) is 7.44. The Hall–Kier alpha value is -0.890. The fourth-order valence-corrected chi connectivity index (χ4v) is 0.853. The number of anilines is 1. The van der Waals surface area contributed by atoms with Gasteiger partial charge in [0, 0.05) is 11.3 Å². The van der Waals surface area contributed by atoms with Crippen molar-refractivity contribution < 1.29 is 4.74 Å². The van der Waals surface area contributed by atoms with E-state index in [1.807, 2.05) is 25.1 Å². The topological polar surface area (TPSA) is 35.2 Å². The highest BCUT2D eigenvalue weighted by molar-refractivity contribution is 5.85. The number of ether oxygens (including phenoxy) is 1. The largest absolute Gasteiger partial charge is 0.496 e. The van der Waals surface area contributed by atoms with Crippen molar-refractivity contribution in [2.45, 2.75) is 6.92 Å². The zero-order valence-electron chi connectivity index (χ0n) is 6.63. The Morgan fingerprint density at radius 3 is 2.45 bits per heavy atom. The molecule has 0 saturated carbocycles. The molecule has 62 valence electrons. The first-order valence-corrected chi connectivity index (χ1v) is 3.15. The number of methoxy groups -OCH3 is 1. The molecule has 2 N–H and O–H groups in total. The van der Waals surface area contributed by atoms with Gasteiger partial charge in [-0.15, -0.1) is 12.4 Å². The molecular formula is C8H12ClNO. The van der Waals surface area contributed by atoms with Crippen molar-refractivity contribution in [3.05, 3.63) is 23.8 Å². The molecule has 0 aliphatic rings. The summed E-state index contributed by atoms with van der Waals surface area (Å²) in [5.74, 6) is 0.847. The minimum atomic E-state index is 0. The predicted octanol–water partition coefficient (Wildman–Crippen LogP) is 2.01. The van der Waals surface area contributed by atoms with Crippen molar-refractivity contribution in [1.29, 1.82) is 0 Å². The molecule has 0 bridgehead atoms. The Balaban J connectivity index is 0.000001000. The highest BCUT2D eigenvalue weighted by Gasteiger charge is 1.98. The second-order valence-electron chi connectivity index (χ2n) is 2.17. The van der Waals surface area contributed by atoms with Gasteiger partial charge in [0.15, 0.2) is 0 Å². The van der Waals surface area contributed by atoms with Crippen molar-refractivity contribution in [2.24, 2.45) is 0 Å². The number of rotatable bonds is 1. The number of nitrogen functional groups attached to an aromatic ring is 1. The molecular weight excluding hydrogens is 162 g/mol. The molecule has 3 heteroatoms. The normalized spacial score (nSPS) is 8.55. The van der Waals surface area contributed by atoms with Gasteiger partial charge in [-0.1, -0.05) is 6.07 Å². The molecule has 11 heavy (non-hydrogen) atoms. The van der Waals surface area contributed by atoms with E-state index in [1.54, 1.807) is 7.11 Å². The van der Waals surface area contributed by atoms with Crippen LogP contribution in [0.1, 0.15) is 5.56 Å². The third-order valence-electron chi connectivity index (χ3n) is 1.55. The summed E-state index contributed by atoms with van der Waals surface area (Å²) in [5.41, 5.74) is 7.40. The molecule has 0 atom stereocenters. The second-order valence-corrected chi connectivity index (χ2v) is 2.17. The van der Waals surface area contributed by atoms with Crippen LogP contribution in [-0.4, -0.2) is 7.11 Å². The summed E-state index contributed by atoms with van der Waals surface area (Å²) >= 11 is 0. The maximum absolute atomic E-state index is 5.62. The van der Waals surface area contributed by atoms with Gasteiger partial charge in [0.1, 0.15) is 5.75 Å². The van der Waals surface area contributed by atoms with Gasteiger partial charge in [0.25, 0.3) is 0 Å². The van der Waals surface area contributed by atoms with Gasteiger partial charge in [0.2, 0.25) is 0 Å². The number of hydrogen-bond acceptors (Lipinski definition) is 2.